The quantitative estimate of drug-likeness (QED) is 0.403. The van der Waals surface area contributed by atoms with E-state index < -0.39 is 4.92 Å². The average molecular weight is 314 g/mol. The molecule has 0 saturated carbocycles. The molecule has 0 heterocycles. The Morgan fingerprint density at radius 3 is 2.67 bits per heavy atom. The van der Waals surface area contributed by atoms with E-state index in [-0.39, 0.29) is 30.0 Å². The summed E-state index contributed by atoms with van der Waals surface area (Å²) < 4.78 is 4.96. The van der Waals surface area contributed by atoms with Gasteiger partial charge in [-0.3, -0.25) is 14.9 Å². The van der Waals surface area contributed by atoms with E-state index in [1.807, 2.05) is 0 Å². The zero-order valence-corrected chi connectivity index (χ0v) is 12.5. The van der Waals surface area contributed by atoms with Gasteiger partial charge in [-0.2, -0.15) is 0 Å². The number of amides is 1. The molecule has 0 bridgehead atoms. The predicted molar refractivity (Wildman–Crippen MR) is 79.3 cm³/mol. The van der Waals surface area contributed by atoms with E-state index in [1.165, 1.54) is 31.0 Å². The van der Waals surface area contributed by atoms with Crippen molar-refractivity contribution in [1.29, 1.82) is 0 Å². The highest BCUT2D eigenvalue weighted by Gasteiger charge is 2.12. The number of aliphatic hydroxyl groups is 1. The second kappa shape index (κ2) is 9.32. The Balaban J connectivity index is 2.42. The minimum Gasteiger partial charge on any atom is -0.396 e. The largest absolute Gasteiger partial charge is 0.396 e. The Morgan fingerprint density at radius 1 is 1.48 bits per heavy atom. The highest BCUT2D eigenvalue weighted by atomic mass is 32.2. The van der Waals surface area contributed by atoms with Crippen molar-refractivity contribution in [2.75, 3.05) is 26.1 Å². The molecule has 0 saturated heterocycles. The fraction of sp³-hybridized carbons (Fsp3) is 0.462. The Labute approximate surface area is 126 Å². The van der Waals surface area contributed by atoms with Gasteiger partial charge in [-0.1, -0.05) is 0 Å². The molecule has 1 aromatic carbocycles. The van der Waals surface area contributed by atoms with Gasteiger partial charge in [-0.05, 0) is 18.6 Å². The molecule has 0 aliphatic heterocycles. The second-order valence-electron chi connectivity index (χ2n) is 4.27. The van der Waals surface area contributed by atoms with Crippen molar-refractivity contribution in [3.63, 3.8) is 0 Å². The third-order valence-electron chi connectivity index (χ3n) is 2.63. The molecule has 8 heteroatoms. The summed E-state index contributed by atoms with van der Waals surface area (Å²) in [4.78, 5) is 22.6. The standard InChI is InChI=1S/C13H18N2O5S/c1-20-8-10(6-7-16)14-13(17)9-21-12-4-2-11(3-5-12)15(18)19/h2-5,10,16H,6-9H2,1H3,(H,14,17). The number of non-ortho nitro benzene ring substituents is 1. The van der Waals surface area contributed by atoms with E-state index in [0.717, 1.165) is 4.90 Å². The van der Waals surface area contributed by atoms with Crippen LogP contribution in [0, 0.1) is 10.1 Å². The van der Waals surface area contributed by atoms with Gasteiger partial charge in [0.05, 0.1) is 23.3 Å². The number of aliphatic hydroxyl groups excluding tert-OH is 1. The Kier molecular flexibility index (Phi) is 7.73. The lowest BCUT2D eigenvalue weighted by Gasteiger charge is -2.16. The molecule has 1 amide bonds. The van der Waals surface area contributed by atoms with Gasteiger partial charge < -0.3 is 15.2 Å². The lowest BCUT2D eigenvalue weighted by Crippen LogP contribution is -2.39. The first-order chi connectivity index (χ1) is 10.1. The minimum atomic E-state index is -0.467. The molecule has 1 unspecified atom stereocenters. The number of hydrogen-bond acceptors (Lipinski definition) is 6. The molecule has 1 atom stereocenters. The zero-order chi connectivity index (χ0) is 15.7. The molecule has 1 rings (SSSR count). The summed E-state index contributed by atoms with van der Waals surface area (Å²) in [5.74, 6) is 0.0255. The predicted octanol–water partition coefficient (Wildman–Crippen LogP) is 1.20. The van der Waals surface area contributed by atoms with Gasteiger partial charge in [-0.25, -0.2) is 0 Å². The first-order valence-electron chi connectivity index (χ1n) is 6.33. The normalized spacial score (nSPS) is 11.9. The van der Waals surface area contributed by atoms with Gasteiger partial charge in [0, 0.05) is 30.7 Å². The summed E-state index contributed by atoms with van der Waals surface area (Å²) in [5.41, 5.74) is 0.0203. The van der Waals surface area contributed by atoms with Crippen molar-refractivity contribution >= 4 is 23.4 Å². The number of hydrogen-bond donors (Lipinski definition) is 2. The van der Waals surface area contributed by atoms with Crippen LogP contribution in [0.1, 0.15) is 6.42 Å². The van der Waals surface area contributed by atoms with E-state index in [4.69, 9.17) is 9.84 Å². The van der Waals surface area contributed by atoms with Gasteiger partial charge >= 0.3 is 0 Å². The van der Waals surface area contributed by atoms with E-state index in [0.29, 0.717) is 13.0 Å². The molecular formula is C13H18N2O5S. The molecule has 0 aliphatic carbocycles. The zero-order valence-electron chi connectivity index (χ0n) is 11.7. The monoisotopic (exact) mass is 314 g/mol. The number of rotatable bonds is 9. The van der Waals surface area contributed by atoms with Crippen LogP contribution < -0.4 is 5.32 Å². The van der Waals surface area contributed by atoms with Gasteiger partial charge in [-0.15, -0.1) is 11.8 Å². The molecule has 0 fully saturated rings. The molecule has 0 spiro atoms. The molecule has 2 N–H and O–H groups in total. The van der Waals surface area contributed by atoms with E-state index in [9.17, 15) is 14.9 Å². The van der Waals surface area contributed by atoms with Gasteiger partial charge in [0.1, 0.15) is 0 Å². The number of nitrogens with zero attached hydrogens (tertiary/aromatic N) is 1. The summed E-state index contributed by atoms with van der Waals surface area (Å²) in [5, 5.41) is 22.2. The Hall–Kier alpha value is -1.64. The van der Waals surface area contributed by atoms with Crippen LogP contribution in [0.5, 0.6) is 0 Å². The summed E-state index contributed by atoms with van der Waals surface area (Å²) in [6.07, 6.45) is 0.432. The number of nitro benzene ring substituents is 1. The molecule has 7 nitrogen and oxygen atoms in total. The second-order valence-corrected chi connectivity index (χ2v) is 5.32. The van der Waals surface area contributed by atoms with Crippen molar-refractivity contribution in [2.45, 2.75) is 17.4 Å². The number of nitrogens with one attached hydrogen (secondary N) is 1. The summed E-state index contributed by atoms with van der Waals surface area (Å²) in [6.45, 7) is 0.318. The summed E-state index contributed by atoms with van der Waals surface area (Å²) >= 11 is 1.29. The molecule has 1 aromatic rings. The van der Waals surface area contributed by atoms with Crippen LogP contribution >= 0.6 is 11.8 Å². The van der Waals surface area contributed by atoms with E-state index >= 15 is 0 Å². The number of carbonyl (C=O) groups excluding carboxylic acids is 1. The molecule has 0 aromatic heterocycles. The highest BCUT2D eigenvalue weighted by Crippen LogP contribution is 2.21. The minimum absolute atomic E-state index is 0.0203. The van der Waals surface area contributed by atoms with E-state index in [2.05, 4.69) is 5.32 Å². The maximum Gasteiger partial charge on any atom is 0.269 e. The Bertz CT molecular complexity index is 460. The van der Waals surface area contributed by atoms with Crippen LogP contribution in [0.3, 0.4) is 0 Å². The third kappa shape index (κ3) is 6.56. The lowest BCUT2D eigenvalue weighted by molar-refractivity contribution is -0.384. The third-order valence-corrected chi connectivity index (χ3v) is 3.64. The molecular weight excluding hydrogens is 296 g/mol. The first-order valence-corrected chi connectivity index (χ1v) is 7.31. The molecule has 0 aliphatic rings. The summed E-state index contributed by atoms with van der Waals surface area (Å²) in [7, 11) is 1.53. The van der Waals surface area contributed by atoms with Crippen molar-refractivity contribution in [3.05, 3.63) is 34.4 Å². The lowest BCUT2D eigenvalue weighted by atomic mass is 10.2. The Morgan fingerprint density at radius 2 is 2.14 bits per heavy atom. The smallest absolute Gasteiger partial charge is 0.269 e. The number of thioether (sulfide) groups is 1. The highest BCUT2D eigenvalue weighted by molar-refractivity contribution is 8.00. The number of nitro groups is 1. The fourth-order valence-electron chi connectivity index (χ4n) is 1.64. The van der Waals surface area contributed by atoms with Crippen LogP contribution in [0.4, 0.5) is 5.69 Å². The van der Waals surface area contributed by atoms with Gasteiger partial charge in [0.2, 0.25) is 5.91 Å². The van der Waals surface area contributed by atoms with Crippen LogP contribution in [-0.2, 0) is 9.53 Å². The topological polar surface area (TPSA) is 102 Å². The maximum atomic E-state index is 11.8. The van der Waals surface area contributed by atoms with Crippen LogP contribution in [0.15, 0.2) is 29.2 Å². The number of ether oxygens (including phenoxy) is 1. The van der Waals surface area contributed by atoms with Crippen molar-refractivity contribution < 1.29 is 19.6 Å². The first kappa shape index (κ1) is 17.4. The molecule has 116 valence electrons. The van der Waals surface area contributed by atoms with Crippen molar-refractivity contribution in [1.82, 2.24) is 5.32 Å². The number of benzene rings is 1. The number of carbonyl (C=O) groups is 1. The van der Waals surface area contributed by atoms with Crippen molar-refractivity contribution in [3.8, 4) is 0 Å². The maximum absolute atomic E-state index is 11.8. The van der Waals surface area contributed by atoms with Crippen LogP contribution in [0.2, 0.25) is 0 Å². The van der Waals surface area contributed by atoms with Gasteiger partial charge in [0.25, 0.3) is 5.69 Å². The molecule has 0 radical (unpaired) electrons. The van der Waals surface area contributed by atoms with Crippen LogP contribution in [0.25, 0.3) is 0 Å². The SMILES string of the molecule is COCC(CCO)NC(=O)CSc1ccc([N+](=O)[O-])cc1. The molecule has 21 heavy (non-hydrogen) atoms. The van der Waals surface area contributed by atoms with E-state index in [1.54, 1.807) is 12.1 Å². The fourth-order valence-corrected chi connectivity index (χ4v) is 2.35. The van der Waals surface area contributed by atoms with Crippen molar-refractivity contribution in [2.24, 2.45) is 0 Å². The van der Waals surface area contributed by atoms with Crippen LogP contribution in [-0.4, -0.2) is 48.1 Å². The number of methoxy groups -OCH3 is 1. The van der Waals surface area contributed by atoms with Gasteiger partial charge in [0.15, 0.2) is 0 Å². The average Bonchev–Trinajstić information content (AvgIpc) is 2.46. The summed E-state index contributed by atoms with van der Waals surface area (Å²) in [6, 6.07) is 5.80.